The molecule has 1 aliphatic rings. The molecule has 0 unspecified atom stereocenters. The molecule has 1 aromatic heterocycles. The molecule has 1 saturated heterocycles. The molecule has 1 fully saturated rings. The van der Waals surface area contributed by atoms with E-state index in [0.29, 0.717) is 24.0 Å². The van der Waals surface area contributed by atoms with Gasteiger partial charge in [0.15, 0.2) is 0 Å². The smallest absolute Gasteiger partial charge is 0.216 e. The van der Waals surface area contributed by atoms with E-state index in [2.05, 4.69) is 15.2 Å². The zero-order chi connectivity index (χ0) is 18.0. The highest BCUT2D eigenvalue weighted by Crippen LogP contribution is 2.33. The van der Waals surface area contributed by atoms with Crippen LogP contribution < -0.4 is 5.32 Å². The minimum atomic E-state index is -0.327. The number of rotatable bonds is 5. The van der Waals surface area contributed by atoms with Crippen molar-refractivity contribution in [2.45, 2.75) is 19.4 Å². The Morgan fingerprint density at radius 1 is 1.44 bits per heavy atom. The van der Waals surface area contributed by atoms with Crippen LogP contribution in [0.1, 0.15) is 24.1 Å². The van der Waals surface area contributed by atoms with Gasteiger partial charge in [-0.1, -0.05) is 17.7 Å². The zero-order valence-corrected chi connectivity index (χ0v) is 15.1. The molecule has 25 heavy (non-hydrogen) atoms. The maximum Gasteiger partial charge on any atom is 0.216 e. The van der Waals surface area contributed by atoms with Crippen molar-refractivity contribution in [1.29, 1.82) is 0 Å². The predicted octanol–water partition coefficient (Wildman–Crippen LogP) is 2.56. The molecule has 0 spiro atoms. The van der Waals surface area contributed by atoms with Gasteiger partial charge in [0.2, 0.25) is 5.91 Å². The van der Waals surface area contributed by atoms with Gasteiger partial charge < -0.3 is 9.88 Å². The first-order valence-electron chi connectivity index (χ1n) is 8.31. The number of nitrogens with zero attached hydrogens (tertiary/aromatic N) is 3. The average molecular weight is 365 g/mol. The second-order valence-corrected chi connectivity index (χ2v) is 7.07. The Bertz CT molecular complexity index is 763. The summed E-state index contributed by atoms with van der Waals surface area (Å²) in [7, 11) is 1.98. The van der Waals surface area contributed by atoms with E-state index in [0.717, 1.165) is 24.3 Å². The number of hydrogen-bond acceptors (Lipinski definition) is 3. The summed E-state index contributed by atoms with van der Waals surface area (Å²) in [5, 5.41) is 3.38. The third-order valence-electron chi connectivity index (χ3n) is 4.77. The molecule has 2 aromatic rings. The van der Waals surface area contributed by atoms with Crippen molar-refractivity contribution >= 4 is 17.5 Å². The number of likely N-dealkylation sites (tertiary alicyclic amines) is 1. The maximum absolute atomic E-state index is 13.2. The summed E-state index contributed by atoms with van der Waals surface area (Å²) >= 11 is 6.17. The average Bonchev–Trinajstić information content (AvgIpc) is 3.13. The summed E-state index contributed by atoms with van der Waals surface area (Å²) in [4.78, 5) is 17.8. The molecule has 1 aromatic carbocycles. The van der Waals surface area contributed by atoms with Crippen LogP contribution in [0.15, 0.2) is 30.7 Å². The molecule has 1 amide bonds. The van der Waals surface area contributed by atoms with Crippen molar-refractivity contribution in [2.24, 2.45) is 13.0 Å². The molecule has 5 nitrogen and oxygen atoms in total. The molecule has 1 N–H and O–H groups in total. The van der Waals surface area contributed by atoms with Crippen LogP contribution in [0.2, 0.25) is 5.02 Å². The van der Waals surface area contributed by atoms with E-state index in [1.807, 2.05) is 17.8 Å². The highest BCUT2D eigenvalue weighted by molar-refractivity contribution is 6.31. The molecule has 3 rings (SSSR count). The summed E-state index contributed by atoms with van der Waals surface area (Å²) in [6.45, 7) is 4.49. The lowest BCUT2D eigenvalue weighted by Crippen LogP contribution is -2.31. The van der Waals surface area contributed by atoms with E-state index < -0.39 is 0 Å². The second kappa shape index (κ2) is 7.54. The Hall–Kier alpha value is -1.92. The van der Waals surface area contributed by atoms with Crippen molar-refractivity contribution < 1.29 is 9.18 Å². The van der Waals surface area contributed by atoms with E-state index in [-0.39, 0.29) is 17.6 Å². The number of aromatic nitrogens is 2. The van der Waals surface area contributed by atoms with Gasteiger partial charge in [-0.25, -0.2) is 9.37 Å². The lowest BCUT2D eigenvalue weighted by Gasteiger charge is -2.18. The number of aryl methyl sites for hydroxylation is 1. The van der Waals surface area contributed by atoms with Crippen LogP contribution in [0.3, 0.4) is 0 Å². The highest BCUT2D eigenvalue weighted by Gasteiger charge is 2.35. The molecule has 0 aliphatic carbocycles. The van der Waals surface area contributed by atoms with Crippen LogP contribution in [-0.2, 0) is 18.4 Å². The minimum Gasteiger partial charge on any atom is -0.356 e. The third-order valence-corrected chi connectivity index (χ3v) is 5.12. The Kier molecular flexibility index (Phi) is 5.39. The van der Waals surface area contributed by atoms with Crippen molar-refractivity contribution in [2.75, 3.05) is 19.6 Å². The van der Waals surface area contributed by atoms with Gasteiger partial charge >= 0.3 is 0 Å². The lowest BCUT2D eigenvalue weighted by atomic mass is 9.93. The monoisotopic (exact) mass is 364 g/mol. The van der Waals surface area contributed by atoms with Gasteiger partial charge in [-0.2, -0.15) is 0 Å². The SMILES string of the molecule is CC(=O)NC[C@@H]1CN(Cc2ccc(F)cc2Cl)C[C@H]1c1cncn1C. The fourth-order valence-electron chi connectivity index (χ4n) is 3.52. The molecule has 2 atom stereocenters. The molecule has 1 aliphatic heterocycles. The van der Waals surface area contributed by atoms with Crippen molar-refractivity contribution in [1.82, 2.24) is 19.8 Å². The number of halogens is 2. The summed E-state index contributed by atoms with van der Waals surface area (Å²) < 4.78 is 15.3. The summed E-state index contributed by atoms with van der Waals surface area (Å²) in [6.07, 6.45) is 3.68. The number of amides is 1. The molecule has 0 bridgehead atoms. The van der Waals surface area contributed by atoms with Gasteiger partial charge in [0.1, 0.15) is 5.82 Å². The fourth-order valence-corrected chi connectivity index (χ4v) is 3.75. The summed E-state index contributed by atoms with van der Waals surface area (Å²) in [6, 6.07) is 4.52. The molecular weight excluding hydrogens is 343 g/mol. The van der Waals surface area contributed by atoms with Gasteiger partial charge in [-0.15, -0.1) is 0 Å². The van der Waals surface area contributed by atoms with E-state index >= 15 is 0 Å². The topological polar surface area (TPSA) is 50.2 Å². The van der Waals surface area contributed by atoms with E-state index in [9.17, 15) is 9.18 Å². The van der Waals surface area contributed by atoms with Crippen molar-refractivity contribution in [3.63, 3.8) is 0 Å². The largest absolute Gasteiger partial charge is 0.356 e. The number of carbonyl (C=O) groups excluding carboxylic acids is 1. The quantitative estimate of drug-likeness (QED) is 0.887. The molecule has 0 radical (unpaired) electrons. The van der Waals surface area contributed by atoms with E-state index in [1.165, 1.54) is 19.1 Å². The lowest BCUT2D eigenvalue weighted by molar-refractivity contribution is -0.119. The van der Waals surface area contributed by atoms with Gasteiger partial charge in [-0.3, -0.25) is 9.69 Å². The normalized spacial score (nSPS) is 20.8. The predicted molar refractivity (Wildman–Crippen MR) is 94.8 cm³/mol. The van der Waals surface area contributed by atoms with Gasteiger partial charge in [0.05, 0.1) is 6.33 Å². The third kappa shape index (κ3) is 4.19. The molecule has 2 heterocycles. The van der Waals surface area contributed by atoms with Crippen LogP contribution >= 0.6 is 11.6 Å². The maximum atomic E-state index is 13.2. The minimum absolute atomic E-state index is 0.0243. The van der Waals surface area contributed by atoms with Gasteiger partial charge in [0, 0.05) is 63.0 Å². The highest BCUT2D eigenvalue weighted by atomic mass is 35.5. The Balaban J connectivity index is 1.76. The Morgan fingerprint density at radius 3 is 2.88 bits per heavy atom. The number of hydrogen-bond donors (Lipinski definition) is 1. The first-order valence-corrected chi connectivity index (χ1v) is 8.68. The van der Waals surface area contributed by atoms with Crippen LogP contribution in [0, 0.1) is 11.7 Å². The molecule has 7 heteroatoms. The first kappa shape index (κ1) is 17.9. The van der Waals surface area contributed by atoms with Crippen LogP contribution in [0.4, 0.5) is 4.39 Å². The van der Waals surface area contributed by atoms with E-state index in [4.69, 9.17) is 11.6 Å². The van der Waals surface area contributed by atoms with Gasteiger partial charge in [0.25, 0.3) is 0 Å². The summed E-state index contributed by atoms with van der Waals surface area (Å²) in [5.74, 6) is 0.215. The molecule has 134 valence electrons. The second-order valence-electron chi connectivity index (χ2n) is 6.66. The van der Waals surface area contributed by atoms with E-state index in [1.54, 1.807) is 12.4 Å². The van der Waals surface area contributed by atoms with Crippen LogP contribution in [0.25, 0.3) is 0 Å². The Morgan fingerprint density at radius 2 is 2.24 bits per heavy atom. The number of carbonyl (C=O) groups is 1. The van der Waals surface area contributed by atoms with Crippen molar-refractivity contribution in [3.05, 3.63) is 52.8 Å². The Labute approximate surface area is 151 Å². The summed E-state index contributed by atoms with van der Waals surface area (Å²) in [5.41, 5.74) is 2.06. The molecule has 0 saturated carbocycles. The number of nitrogens with one attached hydrogen (secondary N) is 1. The van der Waals surface area contributed by atoms with Crippen LogP contribution in [0.5, 0.6) is 0 Å². The zero-order valence-electron chi connectivity index (χ0n) is 14.4. The molecular formula is C18H22ClFN4O. The van der Waals surface area contributed by atoms with Crippen molar-refractivity contribution in [3.8, 4) is 0 Å². The number of imidazole rings is 1. The number of benzene rings is 1. The standard InChI is InChI=1S/C18H22ClFN4O/c1-12(25)22-6-14-9-24(8-13-3-4-15(20)5-17(13)19)10-16(14)18-7-21-11-23(18)2/h3-5,7,11,14,16H,6,8-10H2,1-2H3,(H,22,25)/t14-,16-/m1/s1. The van der Waals surface area contributed by atoms with Gasteiger partial charge in [-0.05, 0) is 23.6 Å². The van der Waals surface area contributed by atoms with Crippen LogP contribution in [-0.4, -0.2) is 40.0 Å². The first-order chi connectivity index (χ1) is 11.9. The fraction of sp³-hybridized carbons (Fsp3) is 0.444.